The summed E-state index contributed by atoms with van der Waals surface area (Å²) in [6.45, 7) is 6.62. The summed E-state index contributed by atoms with van der Waals surface area (Å²) in [5.41, 5.74) is 0. The number of hydrogen-bond acceptors (Lipinski definition) is 10. The second-order valence-corrected chi connectivity index (χ2v) is 5.89. The Morgan fingerprint density at radius 1 is 1.33 bits per heavy atom. The topological polar surface area (TPSA) is 120 Å². The third-order valence-corrected chi connectivity index (χ3v) is 3.42. The van der Waals surface area contributed by atoms with Crippen LogP contribution in [0.5, 0.6) is 0 Å². The molecule has 2 N–H and O–H groups in total. The van der Waals surface area contributed by atoms with Gasteiger partial charge in [-0.1, -0.05) is 11.8 Å². The summed E-state index contributed by atoms with van der Waals surface area (Å²) < 4.78 is 6.03. The van der Waals surface area contributed by atoms with Crippen LogP contribution < -0.4 is 10.6 Å². The Kier molecular flexibility index (Phi) is 6.29. The van der Waals surface area contributed by atoms with E-state index in [0.717, 1.165) is 0 Å². The molecule has 0 spiro atoms. The van der Waals surface area contributed by atoms with E-state index in [9.17, 15) is 4.79 Å². The number of carbonyl (C=O) groups is 1. The second-order valence-electron chi connectivity index (χ2n) is 4.95. The largest absolute Gasteiger partial charge is 0.468 e. The average molecular weight is 352 g/mol. The molecule has 0 fully saturated rings. The molecular formula is C13H20N8O2S. The van der Waals surface area contributed by atoms with Crippen molar-refractivity contribution in [2.45, 2.75) is 32.0 Å². The highest BCUT2D eigenvalue weighted by Crippen LogP contribution is 2.14. The lowest BCUT2D eigenvalue weighted by atomic mass is 10.4. The number of ether oxygens (including phenoxy) is 1. The number of esters is 1. The minimum absolute atomic E-state index is 0.139. The van der Waals surface area contributed by atoms with Gasteiger partial charge in [0.1, 0.15) is 6.33 Å². The molecular weight excluding hydrogens is 332 g/mol. The SMILES string of the molecule is CCNc1nc(NC(C)C)nc(-n2cnc(SCC(=O)OC)n2)n1. The number of nitrogens with one attached hydrogen (secondary N) is 2. The van der Waals surface area contributed by atoms with Crippen molar-refractivity contribution < 1.29 is 9.53 Å². The predicted octanol–water partition coefficient (Wildman–Crippen LogP) is 0.969. The van der Waals surface area contributed by atoms with Crippen molar-refractivity contribution in [3.05, 3.63) is 6.33 Å². The van der Waals surface area contributed by atoms with Crippen molar-refractivity contribution in [3.8, 4) is 5.95 Å². The fourth-order valence-corrected chi connectivity index (χ4v) is 2.25. The fraction of sp³-hybridized carbons (Fsp3) is 0.538. The lowest BCUT2D eigenvalue weighted by Gasteiger charge is -2.11. The zero-order valence-electron chi connectivity index (χ0n) is 14.0. The normalized spacial score (nSPS) is 10.7. The van der Waals surface area contributed by atoms with Gasteiger partial charge in [0.25, 0.3) is 5.95 Å². The Morgan fingerprint density at radius 3 is 2.75 bits per heavy atom. The average Bonchev–Trinajstić information content (AvgIpc) is 3.01. The molecule has 0 atom stereocenters. The van der Waals surface area contributed by atoms with Crippen LogP contribution in [0.3, 0.4) is 0 Å². The molecule has 2 heterocycles. The molecule has 11 heteroatoms. The summed E-state index contributed by atoms with van der Waals surface area (Å²) in [5.74, 6) is 1.03. The third kappa shape index (κ3) is 5.05. The Hall–Kier alpha value is -2.43. The minimum Gasteiger partial charge on any atom is -0.468 e. The van der Waals surface area contributed by atoms with Crippen LogP contribution in [0.1, 0.15) is 20.8 Å². The van der Waals surface area contributed by atoms with Crippen LogP contribution in [0.15, 0.2) is 11.5 Å². The van der Waals surface area contributed by atoms with Gasteiger partial charge in [0.05, 0.1) is 12.9 Å². The molecule has 0 saturated carbocycles. The van der Waals surface area contributed by atoms with E-state index in [-0.39, 0.29) is 17.8 Å². The summed E-state index contributed by atoms with van der Waals surface area (Å²) in [5, 5.41) is 10.9. The van der Waals surface area contributed by atoms with Gasteiger partial charge in [-0.3, -0.25) is 4.79 Å². The van der Waals surface area contributed by atoms with Crippen molar-refractivity contribution in [3.63, 3.8) is 0 Å². The van der Waals surface area contributed by atoms with Gasteiger partial charge < -0.3 is 15.4 Å². The smallest absolute Gasteiger partial charge is 0.316 e. The fourth-order valence-electron chi connectivity index (χ4n) is 1.62. The molecule has 0 unspecified atom stereocenters. The first-order valence-corrected chi connectivity index (χ1v) is 8.38. The maximum absolute atomic E-state index is 11.2. The summed E-state index contributed by atoms with van der Waals surface area (Å²) in [6.07, 6.45) is 1.49. The van der Waals surface area contributed by atoms with Crippen molar-refractivity contribution in [1.29, 1.82) is 0 Å². The standard InChI is InChI=1S/C13H20N8O2S/c1-5-14-10-17-11(16-8(2)3)19-12(18-10)21-7-15-13(20-21)24-6-9(22)23-4/h7-8H,5-6H2,1-4H3,(H2,14,16,17,18,19). The summed E-state index contributed by atoms with van der Waals surface area (Å²) in [7, 11) is 1.34. The first-order valence-electron chi connectivity index (χ1n) is 7.40. The van der Waals surface area contributed by atoms with Crippen LogP contribution in [0, 0.1) is 0 Å². The molecule has 0 amide bonds. The van der Waals surface area contributed by atoms with E-state index in [2.05, 4.69) is 40.4 Å². The van der Waals surface area contributed by atoms with E-state index in [1.165, 1.54) is 29.9 Å². The number of anilines is 2. The van der Waals surface area contributed by atoms with Gasteiger partial charge in [-0.15, -0.1) is 5.10 Å². The Balaban J connectivity index is 2.22. The molecule has 24 heavy (non-hydrogen) atoms. The zero-order valence-corrected chi connectivity index (χ0v) is 14.8. The molecule has 2 rings (SSSR count). The highest BCUT2D eigenvalue weighted by molar-refractivity contribution is 7.99. The maximum atomic E-state index is 11.2. The van der Waals surface area contributed by atoms with Crippen LogP contribution >= 0.6 is 11.8 Å². The molecule has 130 valence electrons. The van der Waals surface area contributed by atoms with Gasteiger partial charge in [0, 0.05) is 12.6 Å². The van der Waals surface area contributed by atoms with E-state index in [1.807, 2.05) is 20.8 Å². The van der Waals surface area contributed by atoms with Gasteiger partial charge in [-0.05, 0) is 20.8 Å². The van der Waals surface area contributed by atoms with Crippen molar-refractivity contribution >= 4 is 29.6 Å². The quantitative estimate of drug-likeness (QED) is 0.525. The van der Waals surface area contributed by atoms with E-state index < -0.39 is 0 Å². The predicted molar refractivity (Wildman–Crippen MR) is 90.4 cm³/mol. The number of nitrogens with zero attached hydrogens (tertiary/aromatic N) is 6. The lowest BCUT2D eigenvalue weighted by Crippen LogP contribution is -2.16. The molecule has 0 aliphatic rings. The van der Waals surface area contributed by atoms with Gasteiger partial charge in [0.15, 0.2) is 0 Å². The molecule has 0 aliphatic heterocycles. The van der Waals surface area contributed by atoms with Crippen LogP contribution in [0.4, 0.5) is 11.9 Å². The van der Waals surface area contributed by atoms with E-state index >= 15 is 0 Å². The van der Waals surface area contributed by atoms with Gasteiger partial charge in [0.2, 0.25) is 17.1 Å². The Bertz CT molecular complexity index is 690. The number of hydrogen-bond donors (Lipinski definition) is 2. The molecule has 2 aromatic heterocycles. The van der Waals surface area contributed by atoms with Gasteiger partial charge >= 0.3 is 5.97 Å². The Labute approximate surface area is 143 Å². The summed E-state index contributed by atoms with van der Waals surface area (Å²) in [4.78, 5) is 28.2. The monoisotopic (exact) mass is 352 g/mol. The highest BCUT2D eigenvalue weighted by atomic mass is 32.2. The van der Waals surface area contributed by atoms with Crippen molar-refractivity contribution in [2.75, 3.05) is 30.0 Å². The molecule has 0 aromatic carbocycles. The van der Waals surface area contributed by atoms with Crippen LogP contribution in [0.25, 0.3) is 5.95 Å². The van der Waals surface area contributed by atoms with Gasteiger partial charge in [-0.2, -0.15) is 19.6 Å². The van der Waals surface area contributed by atoms with E-state index in [4.69, 9.17) is 0 Å². The first kappa shape index (κ1) is 17.9. The Morgan fingerprint density at radius 2 is 2.08 bits per heavy atom. The number of carbonyl (C=O) groups excluding carboxylic acids is 1. The third-order valence-electron chi connectivity index (χ3n) is 2.60. The zero-order chi connectivity index (χ0) is 17.5. The minimum atomic E-state index is -0.339. The summed E-state index contributed by atoms with van der Waals surface area (Å²) >= 11 is 1.18. The number of thioether (sulfide) groups is 1. The molecule has 0 aliphatic carbocycles. The lowest BCUT2D eigenvalue weighted by molar-refractivity contribution is -0.137. The van der Waals surface area contributed by atoms with Gasteiger partial charge in [-0.25, -0.2) is 4.98 Å². The maximum Gasteiger partial charge on any atom is 0.316 e. The second kappa shape index (κ2) is 8.43. The summed E-state index contributed by atoms with van der Waals surface area (Å²) in [6, 6.07) is 0.177. The van der Waals surface area contributed by atoms with Crippen molar-refractivity contribution in [1.82, 2.24) is 29.7 Å². The van der Waals surface area contributed by atoms with Crippen LogP contribution in [-0.2, 0) is 9.53 Å². The number of aromatic nitrogens is 6. The highest BCUT2D eigenvalue weighted by Gasteiger charge is 2.12. The molecule has 10 nitrogen and oxygen atoms in total. The first-order chi connectivity index (χ1) is 11.5. The van der Waals surface area contributed by atoms with Crippen LogP contribution in [0.2, 0.25) is 0 Å². The van der Waals surface area contributed by atoms with E-state index in [0.29, 0.717) is 29.5 Å². The number of methoxy groups -OCH3 is 1. The van der Waals surface area contributed by atoms with E-state index in [1.54, 1.807) is 0 Å². The van der Waals surface area contributed by atoms with Crippen LogP contribution in [-0.4, -0.2) is 61.1 Å². The molecule has 2 aromatic rings. The molecule has 0 radical (unpaired) electrons. The molecule has 0 saturated heterocycles. The van der Waals surface area contributed by atoms with Crippen molar-refractivity contribution in [2.24, 2.45) is 0 Å². The number of rotatable bonds is 8. The molecule has 0 bridgehead atoms.